The van der Waals surface area contributed by atoms with Crippen LogP contribution in [0.1, 0.15) is 56.8 Å². The number of anilines is 1. The predicted octanol–water partition coefficient (Wildman–Crippen LogP) is 5.08. The molecule has 2 saturated heterocycles. The van der Waals surface area contributed by atoms with Gasteiger partial charge in [0.1, 0.15) is 45.9 Å². The van der Waals surface area contributed by atoms with Crippen LogP contribution in [0, 0.1) is 11.2 Å². The van der Waals surface area contributed by atoms with Crippen LogP contribution in [0.5, 0.6) is 11.5 Å². The molecule has 1 saturated carbocycles. The first-order chi connectivity index (χ1) is 19.0. The minimum Gasteiger partial charge on any atom is -0.507 e. The number of hydrogen-bond donors (Lipinski definition) is 1. The number of fused-ring (bicyclic) bond motifs is 2. The zero-order valence-electron chi connectivity index (χ0n) is 23.0. The van der Waals surface area contributed by atoms with E-state index < -0.39 is 23.6 Å². The third-order valence-corrected chi connectivity index (χ3v) is 8.84. The number of phenols is 1. The molecule has 1 aromatic carbocycles. The van der Waals surface area contributed by atoms with Gasteiger partial charge in [-0.1, -0.05) is 24.1 Å². The fourth-order valence-electron chi connectivity index (χ4n) is 6.28. The molecule has 4 aliphatic rings. The second-order valence-corrected chi connectivity index (χ2v) is 12.7. The van der Waals surface area contributed by atoms with Crippen molar-refractivity contribution >= 4 is 29.4 Å². The first kappa shape index (κ1) is 26.9. The maximum atomic E-state index is 15.0. The summed E-state index contributed by atoms with van der Waals surface area (Å²) in [7, 11) is 0. The molecule has 2 aromatic rings. The van der Waals surface area contributed by atoms with E-state index in [0.717, 1.165) is 25.8 Å². The van der Waals surface area contributed by atoms with E-state index in [9.17, 15) is 14.7 Å². The van der Waals surface area contributed by atoms with Gasteiger partial charge in [-0.3, -0.25) is 4.79 Å². The molecule has 1 aliphatic carbocycles. The number of carbonyl (C=O) groups excluding carboxylic acids is 2. The smallest absolute Gasteiger partial charge is 0.410 e. The number of aromatic hydroxyl groups is 1. The summed E-state index contributed by atoms with van der Waals surface area (Å²) in [6, 6.07) is 3.57. The Morgan fingerprint density at radius 1 is 1.20 bits per heavy atom. The number of nitrogens with zero attached hydrogens (tertiary/aromatic N) is 4. The molecule has 1 N–H and O–H groups in total. The summed E-state index contributed by atoms with van der Waals surface area (Å²) in [5.41, 5.74) is -0.303. The van der Waals surface area contributed by atoms with Crippen LogP contribution in [0.15, 0.2) is 18.2 Å². The van der Waals surface area contributed by atoms with Crippen LogP contribution in [0.3, 0.4) is 0 Å². The van der Waals surface area contributed by atoms with Crippen molar-refractivity contribution in [3.63, 3.8) is 0 Å². The van der Waals surface area contributed by atoms with Gasteiger partial charge in [0.25, 0.3) is 5.91 Å². The molecule has 9 nitrogen and oxygen atoms in total. The Morgan fingerprint density at radius 3 is 2.62 bits per heavy atom. The Bertz CT molecular complexity index is 1350. The fraction of sp³-hybridized carbons (Fsp3) is 0.552. The Labute approximate surface area is 237 Å². The number of carbonyl (C=O) groups is 2. The van der Waals surface area contributed by atoms with Crippen LogP contribution in [0.2, 0.25) is 5.02 Å². The molecule has 1 unspecified atom stereocenters. The Hall–Kier alpha value is -3.27. The molecule has 3 aliphatic heterocycles. The van der Waals surface area contributed by atoms with Crippen molar-refractivity contribution in [1.82, 2.24) is 14.8 Å². The van der Waals surface area contributed by atoms with Crippen LogP contribution in [-0.2, 0) is 4.74 Å². The summed E-state index contributed by atoms with van der Waals surface area (Å²) in [5, 5.41) is 10.5. The van der Waals surface area contributed by atoms with E-state index in [1.165, 1.54) is 24.6 Å². The largest absolute Gasteiger partial charge is 0.507 e. The van der Waals surface area contributed by atoms with Gasteiger partial charge in [0.15, 0.2) is 5.75 Å². The van der Waals surface area contributed by atoms with Gasteiger partial charge in [-0.05, 0) is 57.6 Å². The predicted molar refractivity (Wildman–Crippen MR) is 148 cm³/mol. The molecule has 214 valence electrons. The molecule has 2 amide bonds. The number of benzene rings is 1. The average molecular weight is 573 g/mol. The number of phenolic OH excluding ortho intramolecular Hbond substituents is 1. The van der Waals surface area contributed by atoms with Gasteiger partial charge in [0, 0.05) is 32.7 Å². The second kappa shape index (κ2) is 9.68. The molecule has 0 radical (unpaired) electrons. The molecule has 6 rings (SSSR count). The van der Waals surface area contributed by atoms with E-state index in [1.54, 1.807) is 9.80 Å². The lowest BCUT2D eigenvalue weighted by Crippen LogP contribution is -2.58. The minimum absolute atomic E-state index is 0.0311. The standard InChI is InChI=1S/C29H34ClFN4O5/c1-28(2,3)40-27(38)33-12-13-35-17(14-33)15-39-24-21(26(35)37)25(34-11-10-29(16-34)8-5-9-29)32-23(22(24)30)20-18(31)6-4-7-19(20)36/h4,6-7,17,36H,5,8-16H2,1-3H3. The topological polar surface area (TPSA) is 95.4 Å². The van der Waals surface area contributed by atoms with E-state index in [4.69, 9.17) is 26.1 Å². The van der Waals surface area contributed by atoms with Crippen molar-refractivity contribution in [3.8, 4) is 22.8 Å². The minimum atomic E-state index is -0.678. The Morgan fingerprint density at radius 2 is 1.98 bits per heavy atom. The van der Waals surface area contributed by atoms with Gasteiger partial charge in [-0.2, -0.15) is 0 Å². The first-order valence-corrected chi connectivity index (χ1v) is 14.2. The van der Waals surface area contributed by atoms with Gasteiger partial charge in [0.2, 0.25) is 0 Å². The quantitative estimate of drug-likeness (QED) is 0.536. The molecule has 1 atom stereocenters. The zero-order chi connectivity index (χ0) is 28.4. The highest BCUT2D eigenvalue weighted by Gasteiger charge is 2.46. The third kappa shape index (κ3) is 4.60. The molecule has 1 aromatic heterocycles. The SMILES string of the molecule is CC(C)(C)OC(=O)N1CCN2C(=O)c3c(N4CCC5(CCC5)C4)nc(-c4c(O)cccc4F)c(Cl)c3OCC2C1. The van der Waals surface area contributed by atoms with Gasteiger partial charge >= 0.3 is 6.09 Å². The molecule has 4 heterocycles. The van der Waals surface area contributed by atoms with Crippen LogP contribution in [-0.4, -0.2) is 82.9 Å². The van der Waals surface area contributed by atoms with Crippen molar-refractivity contribution in [2.75, 3.05) is 44.2 Å². The van der Waals surface area contributed by atoms with Gasteiger partial charge in [-0.25, -0.2) is 14.2 Å². The van der Waals surface area contributed by atoms with Gasteiger partial charge in [0.05, 0.1) is 11.6 Å². The summed E-state index contributed by atoms with van der Waals surface area (Å²) in [6.45, 7) is 7.79. The third-order valence-electron chi connectivity index (χ3n) is 8.49. The number of halogens is 2. The van der Waals surface area contributed by atoms with E-state index >= 15 is 4.39 Å². The van der Waals surface area contributed by atoms with Crippen molar-refractivity contribution in [2.45, 2.75) is 58.1 Å². The molecule has 11 heteroatoms. The summed E-state index contributed by atoms with van der Waals surface area (Å²) in [6.07, 6.45) is 3.97. The monoisotopic (exact) mass is 572 g/mol. The first-order valence-electron chi connectivity index (χ1n) is 13.8. The number of pyridine rings is 1. The number of aromatic nitrogens is 1. The summed E-state index contributed by atoms with van der Waals surface area (Å²) < 4.78 is 26.8. The van der Waals surface area contributed by atoms with E-state index in [-0.39, 0.29) is 57.8 Å². The lowest BCUT2D eigenvalue weighted by molar-refractivity contribution is 0.000955. The van der Waals surface area contributed by atoms with Crippen molar-refractivity contribution in [3.05, 3.63) is 34.6 Å². The van der Waals surface area contributed by atoms with Crippen molar-refractivity contribution < 1.29 is 28.6 Å². The maximum absolute atomic E-state index is 15.0. The highest BCUT2D eigenvalue weighted by Crippen LogP contribution is 2.51. The molecule has 1 spiro atoms. The zero-order valence-corrected chi connectivity index (χ0v) is 23.8. The molecule has 0 bridgehead atoms. The van der Waals surface area contributed by atoms with Crippen LogP contribution in [0.4, 0.5) is 15.0 Å². The number of ether oxygens (including phenoxy) is 2. The van der Waals surface area contributed by atoms with Crippen molar-refractivity contribution in [2.24, 2.45) is 5.41 Å². The van der Waals surface area contributed by atoms with Crippen LogP contribution in [0.25, 0.3) is 11.3 Å². The second-order valence-electron chi connectivity index (χ2n) is 12.4. The average Bonchev–Trinajstić information content (AvgIpc) is 3.28. The van der Waals surface area contributed by atoms with E-state index in [2.05, 4.69) is 4.90 Å². The summed E-state index contributed by atoms with van der Waals surface area (Å²) in [5.74, 6) is -0.752. The highest BCUT2D eigenvalue weighted by molar-refractivity contribution is 6.35. The number of hydrogen-bond acceptors (Lipinski definition) is 7. The molecule has 40 heavy (non-hydrogen) atoms. The normalized spacial score (nSPS) is 21.9. The maximum Gasteiger partial charge on any atom is 0.410 e. The number of rotatable bonds is 2. The summed E-state index contributed by atoms with van der Waals surface area (Å²) >= 11 is 6.83. The lowest BCUT2D eigenvalue weighted by atomic mass is 9.68. The van der Waals surface area contributed by atoms with Crippen LogP contribution < -0.4 is 9.64 Å². The Kier molecular flexibility index (Phi) is 6.52. The number of piperazine rings is 1. The van der Waals surface area contributed by atoms with E-state index in [1.807, 2.05) is 20.8 Å². The Balaban J connectivity index is 1.41. The number of amides is 2. The van der Waals surface area contributed by atoms with Gasteiger partial charge < -0.3 is 29.3 Å². The van der Waals surface area contributed by atoms with Gasteiger partial charge in [-0.15, -0.1) is 0 Å². The van der Waals surface area contributed by atoms with Crippen LogP contribution >= 0.6 is 11.6 Å². The molecular formula is C29H34ClFN4O5. The molecule has 3 fully saturated rings. The fourth-order valence-corrected chi connectivity index (χ4v) is 6.57. The molecular weight excluding hydrogens is 539 g/mol. The summed E-state index contributed by atoms with van der Waals surface area (Å²) in [4.78, 5) is 37.1. The highest BCUT2D eigenvalue weighted by atomic mass is 35.5. The lowest BCUT2D eigenvalue weighted by Gasteiger charge is -2.40. The van der Waals surface area contributed by atoms with E-state index in [0.29, 0.717) is 25.5 Å². The van der Waals surface area contributed by atoms with Crippen molar-refractivity contribution in [1.29, 1.82) is 0 Å².